The molecular formula is C11H13F3N2O. The summed E-state index contributed by atoms with van der Waals surface area (Å²) in [5, 5.41) is 2.60. The van der Waals surface area contributed by atoms with Gasteiger partial charge in [0.05, 0.1) is 6.42 Å². The topological polar surface area (TPSA) is 55.1 Å². The lowest BCUT2D eigenvalue weighted by atomic mass is 10.1. The van der Waals surface area contributed by atoms with Crippen molar-refractivity contribution in [3.8, 4) is 0 Å². The minimum absolute atomic E-state index is 0.220. The standard InChI is InChI=1S/C11H13F3N2O/c1-7(17)9-6-8(2-3-10(9)15)16-5-4-11(12,13)14/h2-3,6,16H,4-5,15H2,1H3. The van der Waals surface area contributed by atoms with Crippen molar-refractivity contribution in [3.63, 3.8) is 0 Å². The molecule has 0 aliphatic carbocycles. The fourth-order valence-corrected chi connectivity index (χ4v) is 1.32. The predicted octanol–water partition coefficient (Wildman–Crippen LogP) is 2.84. The van der Waals surface area contributed by atoms with Crippen LogP contribution in [0, 0.1) is 0 Å². The van der Waals surface area contributed by atoms with E-state index < -0.39 is 12.6 Å². The van der Waals surface area contributed by atoms with Gasteiger partial charge in [-0.05, 0) is 25.1 Å². The molecule has 1 aromatic rings. The van der Waals surface area contributed by atoms with Gasteiger partial charge in [-0.25, -0.2) is 0 Å². The molecule has 0 atom stereocenters. The van der Waals surface area contributed by atoms with E-state index in [2.05, 4.69) is 5.32 Å². The third-order valence-corrected chi connectivity index (χ3v) is 2.17. The van der Waals surface area contributed by atoms with Crippen LogP contribution in [0.4, 0.5) is 24.5 Å². The van der Waals surface area contributed by atoms with E-state index in [1.807, 2.05) is 0 Å². The first kappa shape index (κ1) is 13.3. The number of hydrogen-bond acceptors (Lipinski definition) is 3. The molecule has 17 heavy (non-hydrogen) atoms. The Morgan fingerprint density at radius 3 is 2.59 bits per heavy atom. The molecule has 94 valence electrons. The Morgan fingerprint density at radius 1 is 1.41 bits per heavy atom. The molecule has 0 bridgehead atoms. The molecule has 0 radical (unpaired) electrons. The first-order chi connectivity index (χ1) is 7.79. The van der Waals surface area contributed by atoms with E-state index in [4.69, 9.17) is 5.73 Å². The average Bonchev–Trinajstić information content (AvgIpc) is 2.18. The summed E-state index contributed by atoms with van der Waals surface area (Å²) < 4.78 is 35.7. The van der Waals surface area contributed by atoms with Crippen molar-refractivity contribution < 1.29 is 18.0 Å². The molecule has 0 heterocycles. The zero-order chi connectivity index (χ0) is 13.1. The summed E-state index contributed by atoms with van der Waals surface area (Å²) in [4.78, 5) is 11.2. The van der Waals surface area contributed by atoms with Gasteiger partial charge >= 0.3 is 6.18 Å². The van der Waals surface area contributed by atoms with Crippen LogP contribution in [0.5, 0.6) is 0 Å². The minimum Gasteiger partial charge on any atom is -0.398 e. The molecule has 0 fully saturated rings. The van der Waals surface area contributed by atoms with Crippen LogP contribution in [0.1, 0.15) is 23.7 Å². The van der Waals surface area contributed by atoms with Crippen LogP contribution < -0.4 is 11.1 Å². The molecule has 0 aliphatic heterocycles. The quantitative estimate of drug-likeness (QED) is 0.634. The summed E-state index contributed by atoms with van der Waals surface area (Å²) in [5.74, 6) is -0.220. The Balaban J connectivity index is 2.67. The maximum atomic E-state index is 11.9. The number of nitrogen functional groups attached to an aromatic ring is 1. The number of alkyl halides is 3. The van der Waals surface area contributed by atoms with Crippen molar-refractivity contribution in [1.29, 1.82) is 0 Å². The van der Waals surface area contributed by atoms with E-state index in [0.717, 1.165) is 0 Å². The molecule has 0 amide bonds. The van der Waals surface area contributed by atoms with E-state index in [0.29, 0.717) is 16.9 Å². The van der Waals surface area contributed by atoms with Gasteiger partial charge in [0.2, 0.25) is 0 Å². The lowest BCUT2D eigenvalue weighted by Gasteiger charge is -2.10. The number of anilines is 2. The average molecular weight is 246 g/mol. The van der Waals surface area contributed by atoms with E-state index in [-0.39, 0.29) is 12.3 Å². The smallest absolute Gasteiger partial charge is 0.390 e. The highest BCUT2D eigenvalue weighted by molar-refractivity contribution is 5.99. The van der Waals surface area contributed by atoms with Crippen molar-refractivity contribution in [2.75, 3.05) is 17.6 Å². The molecule has 1 aromatic carbocycles. The maximum absolute atomic E-state index is 11.9. The van der Waals surface area contributed by atoms with Gasteiger partial charge in [-0.2, -0.15) is 13.2 Å². The maximum Gasteiger partial charge on any atom is 0.390 e. The van der Waals surface area contributed by atoms with Gasteiger partial charge in [-0.3, -0.25) is 4.79 Å². The Bertz CT molecular complexity index is 416. The number of carbonyl (C=O) groups excluding carboxylic acids is 1. The molecule has 0 saturated carbocycles. The molecule has 3 nitrogen and oxygen atoms in total. The van der Waals surface area contributed by atoms with E-state index in [9.17, 15) is 18.0 Å². The second kappa shape index (κ2) is 5.07. The summed E-state index contributed by atoms with van der Waals surface area (Å²) in [7, 11) is 0. The molecule has 0 aliphatic rings. The van der Waals surface area contributed by atoms with Gasteiger partial charge in [-0.1, -0.05) is 0 Å². The van der Waals surface area contributed by atoms with E-state index >= 15 is 0 Å². The second-order valence-corrected chi connectivity index (χ2v) is 3.65. The van der Waals surface area contributed by atoms with Gasteiger partial charge in [0, 0.05) is 23.5 Å². The first-order valence-electron chi connectivity index (χ1n) is 5.00. The summed E-state index contributed by atoms with van der Waals surface area (Å²) in [5.41, 5.74) is 6.64. The normalized spacial score (nSPS) is 11.3. The Morgan fingerprint density at radius 2 is 2.06 bits per heavy atom. The molecular weight excluding hydrogens is 233 g/mol. The first-order valence-corrected chi connectivity index (χ1v) is 5.00. The molecule has 0 spiro atoms. The van der Waals surface area contributed by atoms with Crippen molar-refractivity contribution in [3.05, 3.63) is 23.8 Å². The number of rotatable bonds is 4. The summed E-state index contributed by atoms with van der Waals surface area (Å²) >= 11 is 0. The van der Waals surface area contributed by atoms with Crippen LogP contribution in [0.15, 0.2) is 18.2 Å². The van der Waals surface area contributed by atoms with Crippen molar-refractivity contribution >= 4 is 17.2 Å². The number of carbonyl (C=O) groups is 1. The van der Waals surface area contributed by atoms with Crippen molar-refractivity contribution in [2.45, 2.75) is 19.5 Å². The fraction of sp³-hybridized carbons (Fsp3) is 0.364. The molecule has 1 rings (SSSR count). The third kappa shape index (κ3) is 4.34. The van der Waals surface area contributed by atoms with Gasteiger partial charge in [0.1, 0.15) is 0 Å². The Kier molecular flexibility index (Phi) is 3.98. The molecule has 3 N–H and O–H groups in total. The summed E-state index contributed by atoms with van der Waals surface area (Å²) in [6.45, 7) is 1.12. The number of ketones is 1. The monoisotopic (exact) mass is 246 g/mol. The highest BCUT2D eigenvalue weighted by Crippen LogP contribution is 2.21. The largest absolute Gasteiger partial charge is 0.398 e. The van der Waals surface area contributed by atoms with Gasteiger partial charge in [0.25, 0.3) is 0 Å². The van der Waals surface area contributed by atoms with Crippen molar-refractivity contribution in [2.24, 2.45) is 0 Å². The summed E-state index contributed by atoms with van der Waals surface area (Å²) in [6, 6.07) is 4.48. The summed E-state index contributed by atoms with van der Waals surface area (Å²) in [6.07, 6.45) is -5.11. The van der Waals surface area contributed by atoms with Crippen LogP contribution in [-0.4, -0.2) is 18.5 Å². The third-order valence-electron chi connectivity index (χ3n) is 2.17. The lowest BCUT2D eigenvalue weighted by molar-refractivity contribution is -0.131. The van der Waals surface area contributed by atoms with Crippen LogP contribution in [-0.2, 0) is 0 Å². The lowest BCUT2D eigenvalue weighted by Crippen LogP contribution is -2.14. The SMILES string of the molecule is CC(=O)c1cc(NCCC(F)(F)F)ccc1N. The second-order valence-electron chi connectivity index (χ2n) is 3.65. The fourth-order valence-electron chi connectivity index (χ4n) is 1.32. The molecule has 6 heteroatoms. The number of hydrogen-bond donors (Lipinski definition) is 2. The van der Waals surface area contributed by atoms with Gasteiger partial charge in [0.15, 0.2) is 5.78 Å². The van der Waals surface area contributed by atoms with Gasteiger partial charge in [-0.15, -0.1) is 0 Å². The van der Waals surface area contributed by atoms with Crippen LogP contribution in [0.3, 0.4) is 0 Å². The number of halogens is 3. The molecule has 0 saturated heterocycles. The Labute approximate surface area is 96.8 Å². The van der Waals surface area contributed by atoms with Crippen LogP contribution in [0.2, 0.25) is 0 Å². The zero-order valence-electron chi connectivity index (χ0n) is 9.27. The van der Waals surface area contributed by atoms with Gasteiger partial charge < -0.3 is 11.1 Å². The number of nitrogens with one attached hydrogen (secondary N) is 1. The van der Waals surface area contributed by atoms with E-state index in [1.165, 1.54) is 25.1 Å². The zero-order valence-corrected chi connectivity index (χ0v) is 9.27. The predicted molar refractivity (Wildman–Crippen MR) is 60.0 cm³/mol. The molecule has 0 unspecified atom stereocenters. The number of Topliss-reactive ketones (excluding diaryl/α,β-unsaturated/α-hetero) is 1. The van der Waals surface area contributed by atoms with Crippen molar-refractivity contribution in [1.82, 2.24) is 0 Å². The number of nitrogens with two attached hydrogens (primary N) is 1. The highest BCUT2D eigenvalue weighted by atomic mass is 19.4. The van der Waals surface area contributed by atoms with Crippen LogP contribution in [0.25, 0.3) is 0 Å². The minimum atomic E-state index is -4.19. The Hall–Kier alpha value is -1.72. The van der Waals surface area contributed by atoms with Crippen LogP contribution >= 0.6 is 0 Å². The van der Waals surface area contributed by atoms with E-state index in [1.54, 1.807) is 0 Å². The number of benzene rings is 1. The highest BCUT2D eigenvalue weighted by Gasteiger charge is 2.26. The molecule has 0 aromatic heterocycles.